The van der Waals surface area contributed by atoms with Gasteiger partial charge in [0, 0.05) is 25.1 Å². The third-order valence-corrected chi connectivity index (χ3v) is 5.74. The Hall–Kier alpha value is -4.14. The minimum atomic E-state index is -0.789. The van der Waals surface area contributed by atoms with Crippen molar-refractivity contribution < 1.29 is 23.9 Å². The lowest BCUT2D eigenvalue weighted by Gasteiger charge is -2.20. The van der Waals surface area contributed by atoms with Gasteiger partial charge in [0.15, 0.2) is 0 Å². The molecule has 0 saturated heterocycles. The van der Waals surface area contributed by atoms with E-state index in [1.165, 1.54) is 0 Å². The summed E-state index contributed by atoms with van der Waals surface area (Å²) in [6.07, 6.45) is 4.86. The number of alkyl carbamates (subject to hydrolysis) is 1. The topological polar surface area (TPSA) is 122 Å². The molecule has 37 heavy (non-hydrogen) atoms. The molecule has 3 N–H and O–H groups in total. The highest BCUT2D eigenvalue weighted by Gasteiger charge is 2.25. The first-order valence-corrected chi connectivity index (χ1v) is 12.4. The summed E-state index contributed by atoms with van der Waals surface area (Å²) in [6, 6.07) is 18.0. The highest BCUT2D eigenvalue weighted by molar-refractivity contribution is 5.85. The average Bonchev–Trinajstić information content (AvgIpc) is 3.43. The van der Waals surface area contributed by atoms with E-state index in [4.69, 9.17) is 9.47 Å². The summed E-state index contributed by atoms with van der Waals surface area (Å²) in [5, 5.41) is 5.55. The van der Waals surface area contributed by atoms with Crippen LogP contribution in [0.5, 0.6) is 0 Å². The standard InChI is InChI=1S/C28H34N4O5/c1-21(16-24-17-29-20-31-24)26(33)32-25(27(34)36-18-22-10-4-2-5-11-22)14-8-9-15-30-28(35)37-19-23-12-6-3-7-13-23/h2-7,10-13,17,20-21,25H,8-9,14-16,18-19H2,1H3,(H,29,31)(H,30,35)(H,32,33)/t21-,25-/m0/s1. The zero-order valence-electron chi connectivity index (χ0n) is 21.0. The normalized spacial score (nSPS) is 12.2. The Morgan fingerprint density at radius 2 is 1.57 bits per heavy atom. The summed E-state index contributed by atoms with van der Waals surface area (Å²) >= 11 is 0. The van der Waals surface area contributed by atoms with Crippen molar-refractivity contribution in [2.45, 2.75) is 51.9 Å². The number of unbranched alkanes of at least 4 members (excludes halogenated alkanes) is 1. The van der Waals surface area contributed by atoms with Gasteiger partial charge in [0.2, 0.25) is 5.91 Å². The van der Waals surface area contributed by atoms with E-state index >= 15 is 0 Å². The van der Waals surface area contributed by atoms with E-state index in [9.17, 15) is 14.4 Å². The van der Waals surface area contributed by atoms with Crippen LogP contribution in [0.4, 0.5) is 4.79 Å². The molecule has 0 aliphatic carbocycles. The van der Waals surface area contributed by atoms with Crippen LogP contribution in [-0.2, 0) is 38.7 Å². The van der Waals surface area contributed by atoms with Crippen LogP contribution in [0.25, 0.3) is 0 Å². The highest BCUT2D eigenvalue weighted by Crippen LogP contribution is 2.10. The van der Waals surface area contributed by atoms with E-state index in [-0.39, 0.29) is 25.0 Å². The SMILES string of the molecule is C[C@@H](Cc1c[nH]cn1)C(=O)N[C@@H](CCCCNC(=O)OCc1ccccc1)C(=O)OCc1ccccc1. The Kier molecular flexibility index (Phi) is 11.2. The fourth-order valence-corrected chi connectivity index (χ4v) is 3.64. The van der Waals surface area contributed by atoms with E-state index < -0.39 is 18.1 Å². The number of amides is 2. The average molecular weight is 507 g/mol. The lowest BCUT2D eigenvalue weighted by molar-refractivity contribution is -0.149. The van der Waals surface area contributed by atoms with Crippen LogP contribution in [0.15, 0.2) is 73.2 Å². The van der Waals surface area contributed by atoms with Gasteiger partial charge in [-0.3, -0.25) is 4.79 Å². The van der Waals surface area contributed by atoms with Gasteiger partial charge < -0.3 is 25.1 Å². The molecular weight excluding hydrogens is 472 g/mol. The summed E-state index contributed by atoms with van der Waals surface area (Å²) in [5.41, 5.74) is 2.55. The molecule has 2 amide bonds. The number of nitrogens with one attached hydrogen (secondary N) is 3. The summed E-state index contributed by atoms with van der Waals surface area (Å²) in [4.78, 5) is 44.6. The zero-order valence-corrected chi connectivity index (χ0v) is 21.0. The number of aromatic amines is 1. The second kappa shape index (κ2) is 15.1. The van der Waals surface area contributed by atoms with Gasteiger partial charge in [0.25, 0.3) is 0 Å². The maximum atomic E-state index is 12.8. The van der Waals surface area contributed by atoms with Crippen molar-refractivity contribution in [1.29, 1.82) is 0 Å². The molecule has 196 valence electrons. The Morgan fingerprint density at radius 1 is 0.919 bits per heavy atom. The number of esters is 1. The van der Waals surface area contributed by atoms with E-state index in [0.717, 1.165) is 16.8 Å². The third kappa shape index (κ3) is 10.2. The first-order valence-electron chi connectivity index (χ1n) is 12.4. The summed E-state index contributed by atoms with van der Waals surface area (Å²) in [7, 11) is 0. The predicted molar refractivity (Wildman–Crippen MR) is 138 cm³/mol. The molecule has 0 radical (unpaired) electrons. The van der Waals surface area contributed by atoms with Gasteiger partial charge in [0.1, 0.15) is 19.3 Å². The Labute approximate surface area is 217 Å². The zero-order chi connectivity index (χ0) is 26.3. The number of carbonyl (C=O) groups excluding carboxylic acids is 3. The predicted octanol–water partition coefficient (Wildman–Crippen LogP) is 3.91. The van der Waals surface area contributed by atoms with E-state index in [0.29, 0.717) is 32.2 Å². The molecule has 1 aromatic heterocycles. The van der Waals surface area contributed by atoms with E-state index in [1.54, 1.807) is 19.4 Å². The van der Waals surface area contributed by atoms with Crippen molar-refractivity contribution in [3.63, 3.8) is 0 Å². The molecule has 9 nitrogen and oxygen atoms in total. The van der Waals surface area contributed by atoms with E-state index in [1.807, 2.05) is 60.7 Å². The number of carbonyl (C=O) groups is 3. The molecule has 2 atom stereocenters. The van der Waals surface area contributed by atoms with Crippen LogP contribution in [0, 0.1) is 5.92 Å². The Bertz CT molecular complexity index is 1090. The summed E-state index contributed by atoms with van der Waals surface area (Å²) in [6.45, 7) is 2.51. The number of nitrogens with zero attached hydrogens (tertiary/aromatic N) is 1. The highest BCUT2D eigenvalue weighted by atomic mass is 16.5. The van der Waals surface area contributed by atoms with Crippen LogP contribution >= 0.6 is 0 Å². The monoisotopic (exact) mass is 506 g/mol. The lowest BCUT2D eigenvalue weighted by Crippen LogP contribution is -2.44. The third-order valence-electron chi connectivity index (χ3n) is 5.74. The number of benzene rings is 2. The Morgan fingerprint density at radius 3 is 2.19 bits per heavy atom. The summed E-state index contributed by atoms with van der Waals surface area (Å²) < 4.78 is 10.7. The second-order valence-electron chi connectivity index (χ2n) is 8.80. The van der Waals surface area contributed by atoms with Crippen LogP contribution in [0.2, 0.25) is 0 Å². The molecule has 0 bridgehead atoms. The molecule has 0 aliphatic heterocycles. The maximum Gasteiger partial charge on any atom is 0.407 e. The molecule has 2 aromatic carbocycles. The van der Waals surface area contributed by atoms with Gasteiger partial charge in [0.05, 0.1) is 12.0 Å². The minimum Gasteiger partial charge on any atom is -0.459 e. The quantitative estimate of drug-likeness (QED) is 0.225. The smallest absolute Gasteiger partial charge is 0.407 e. The number of aromatic nitrogens is 2. The molecular formula is C28H34N4O5. The minimum absolute atomic E-state index is 0.129. The first kappa shape index (κ1) is 27.4. The van der Waals surface area contributed by atoms with Crippen molar-refractivity contribution in [2.24, 2.45) is 5.92 Å². The fraction of sp³-hybridized carbons (Fsp3) is 0.357. The molecule has 0 aliphatic rings. The number of rotatable bonds is 14. The van der Waals surface area contributed by atoms with Crippen molar-refractivity contribution in [1.82, 2.24) is 20.6 Å². The molecule has 0 saturated carbocycles. The summed E-state index contributed by atoms with van der Waals surface area (Å²) in [5.74, 6) is -1.10. The van der Waals surface area contributed by atoms with Gasteiger partial charge >= 0.3 is 12.1 Å². The van der Waals surface area contributed by atoms with Gasteiger partial charge in [-0.25, -0.2) is 14.6 Å². The number of hydrogen-bond donors (Lipinski definition) is 3. The van der Waals surface area contributed by atoms with Gasteiger partial charge in [-0.2, -0.15) is 0 Å². The molecule has 0 fully saturated rings. The van der Waals surface area contributed by atoms with Crippen LogP contribution < -0.4 is 10.6 Å². The van der Waals surface area contributed by atoms with Crippen molar-refractivity contribution in [2.75, 3.05) is 6.54 Å². The molecule has 3 aromatic rings. The van der Waals surface area contributed by atoms with Gasteiger partial charge in [-0.1, -0.05) is 67.6 Å². The second-order valence-corrected chi connectivity index (χ2v) is 8.80. The molecule has 9 heteroatoms. The molecule has 0 spiro atoms. The Balaban J connectivity index is 1.44. The molecule has 3 rings (SSSR count). The number of hydrogen-bond acceptors (Lipinski definition) is 6. The van der Waals surface area contributed by atoms with Crippen LogP contribution in [0.3, 0.4) is 0 Å². The largest absolute Gasteiger partial charge is 0.459 e. The number of ether oxygens (including phenoxy) is 2. The first-order chi connectivity index (χ1) is 18.0. The molecule has 0 unspecified atom stereocenters. The maximum absolute atomic E-state index is 12.8. The number of imidazole rings is 1. The van der Waals surface area contributed by atoms with E-state index in [2.05, 4.69) is 20.6 Å². The van der Waals surface area contributed by atoms with Crippen molar-refractivity contribution in [3.05, 3.63) is 90.0 Å². The lowest BCUT2D eigenvalue weighted by atomic mass is 10.0. The number of H-pyrrole nitrogens is 1. The van der Waals surface area contributed by atoms with Gasteiger partial charge in [-0.05, 0) is 30.4 Å². The van der Waals surface area contributed by atoms with Gasteiger partial charge in [-0.15, -0.1) is 0 Å². The fourth-order valence-electron chi connectivity index (χ4n) is 3.64. The van der Waals surface area contributed by atoms with Crippen molar-refractivity contribution >= 4 is 18.0 Å². The van der Waals surface area contributed by atoms with Crippen LogP contribution in [0.1, 0.15) is 43.0 Å². The van der Waals surface area contributed by atoms with Crippen LogP contribution in [-0.4, -0.2) is 40.5 Å². The van der Waals surface area contributed by atoms with Crippen molar-refractivity contribution in [3.8, 4) is 0 Å². The molecule has 1 heterocycles.